The first kappa shape index (κ1) is 13.0. The Morgan fingerprint density at radius 2 is 2.11 bits per heavy atom. The molecule has 0 radical (unpaired) electrons. The highest BCUT2D eigenvalue weighted by atomic mass is 19.1. The zero-order valence-corrected chi connectivity index (χ0v) is 11.1. The molecule has 2 rings (SSSR count). The average Bonchev–Trinajstić information content (AvgIpc) is 2.26. The van der Waals surface area contributed by atoms with E-state index in [1.54, 1.807) is 13.0 Å². The van der Waals surface area contributed by atoms with Gasteiger partial charge < -0.3 is 10.2 Å². The van der Waals surface area contributed by atoms with Gasteiger partial charge >= 0.3 is 0 Å². The molecule has 4 heteroatoms. The van der Waals surface area contributed by atoms with Gasteiger partial charge in [0.15, 0.2) is 0 Å². The third-order valence-corrected chi connectivity index (χ3v) is 3.33. The normalized spacial score (nSPS) is 18.8. The van der Waals surface area contributed by atoms with Crippen molar-refractivity contribution in [3.05, 3.63) is 35.1 Å². The van der Waals surface area contributed by atoms with Gasteiger partial charge in [0.2, 0.25) is 0 Å². The molecule has 1 heterocycles. The van der Waals surface area contributed by atoms with Crippen molar-refractivity contribution >= 4 is 5.91 Å². The molecule has 1 aromatic rings. The van der Waals surface area contributed by atoms with Gasteiger partial charge in [0.1, 0.15) is 5.82 Å². The van der Waals surface area contributed by atoms with E-state index in [0.717, 1.165) is 18.7 Å². The van der Waals surface area contributed by atoms with Crippen LogP contribution in [0.25, 0.3) is 0 Å². The summed E-state index contributed by atoms with van der Waals surface area (Å²) < 4.78 is 13.4. The lowest BCUT2D eigenvalue weighted by atomic mass is 9.98. The molecule has 1 saturated heterocycles. The number of aryl methyl sites for hydroxylation is 1. The Morgan fingerprint density at radius 3 is 2.72 bits per heavy atom. The molecular weight excluding hydrogens is 231 g/mol. The third-order valence-electron chi connectivity index (χ3n) is 3.33. The van der Waals surface area contributed by atoms with Crippen molar-refractivity contribution in [1.29, 1.82) is 0 Å². The number of hydrogen-bond acceptors (Lipinski definition) is 2. The van der Waals surface area contributed by atoms with Gasteiger partial charge in [-0.25, -0.2) is 4.39 Å². The van der Waals surface area contributed by atoms with E-state index in [4.69, 9.17) is 0 Å². The fraction of sp³-hybridized carbons (Fsp3) is 0.500. The SMILES string of the molecule is Cc1cc(F)cc(C(=O)N2CCNCC2(C)C)c1. The fourth-order valence-corrected chi connectivity index (χ4v) is 2.38. The van der Waals surface area contributed by atoms with Crippen LogP contribution in [0.2, 0.25) is 0 Å². The number of piperazine rings is 1. The van der Waals surface area contributed by atoms with Crippen LogP contribution in [0.1, 0.15) is 29.8 Å². The second-order valence-electron chi connectivity index (χ2n) is 5.46. The fourth-order valence-electron chi connectivity index (χ4n) is 2.38. The molecule has 0 aliphatic carbocycles. The Bertz CT molecular complexity index is 451. The molecule has 1 aliphatic rings. The summed E-state index contributed by atoms with van der Waals surface area (Å²) in [7, 11) is 0. The summed E-state index contributed by atoms with van der Waals surface area (Å²) >= 11 is 0. The highest BCUT2D eigenvalue weighted by Crippen LogP contribution is 2.20. The van der Waals surface area contributed by atoms with Crippen molar-refractivity contribution in [3.63, 3.8) is 0 Å². The molecule has 1 aromatic carbocycles. The van der Waals surface area contributed by atoms with Crippen molar-refractivity contribution in [2.24, 2.45) is 0 Å². The molecule has 1 N–H and O–H groups in total. The van der Waals surface area contributed by atoms with Gasteiger partial charge in [0.05, 0.1) is 5.54 Å². The van der Waals surface area contributed by atoms with E-state index in [9.17, 15) is 9.18 Å². The number of nitrogens with zero attached hydrogens (tertiary/aromatic N) is 1. The highest BCUT2D eigenvalue weighted by molar-refractivity contribution is 5.95. The van der Waals surface area contributed by atoms with E-state index in [0.29, 0.717) is 12.1 Å². The first-order chi connectivity index (χ1) is 8.40. The predicted molar refractivity (Wildman–Crippen MR) is 69.1 cm³/mol. The third kappa shape index (κ3) is 2.53. The van der Waals surface area contributed by atoms with Gasteiger partial charge in [0.25, 0.3) is 5.91 Å². The van der Waals surface area contributed by atoms with Gasteiger partial charge in [-0.1, -0.05) is 0 Å². The molecule has 1 aliphatic heterocycles. The first-order valence-corrected chi connectivity index (χ1v) is 6.20. The van der Waals surface area contributed by atoms with E-state index in [2.05, 4.69) is 5.32 Å². The lowest BCUT2D eigenvalue weighted by Gasteiger charge is -2.42. The van der Waals surface area contributed by atoms with Gasteiger partial charge in [-0.15, -0.1) is 0 Å². The summed E-state index contributed by atoms with van der Waals surface area (Å²) in [6, 6.07) is 4.48. The predicted octanol–water partition coefficient (Wildman–Crippen LogP) is 1.96. The second-order valence-corrected chi connectivity index (χ2v) is 5.46. The Hall–Kier alpha value is -1.42. The standard InChI is InChI=1S/C14H19FN2O/c1-10-6-11(8-12(15)7-10)13(18)17-5-4-16-9-14(17,2)3/h6-8,16H,4-5,9H2,1-3H3. The molecule has 0 unspecified atom stereocenters. The Balaban J connectivity index is 2.30. The number of halogens is 1. The van der Waals surface area contributed by atoms with Gasteiger partial charge in [-0.2, -0.15) is 0 Å². The van der Waals surface area contributed by atoms with E-state index in [-0.39, 0.29) is 17.3 Å². The van der Waals surface area contributed by atoms with Crippen LogP contribution in [0, 0.1) is 12.7 Å². The second kappa shape index (κ2) is 4.69. The Labute approximate surface area is 107 Å². The minimum absolute atomic E-state index is 0.0934. The molecule has 0 saturated carbocycles. The molecule has 0 spiro atoms. The number of hydrogen-bond donors (Lipinski definition) is 1. The number of carbonyl (C=O) groups excluding carboxylic acids is 1. The summed E-state index contributed by atoms with van der Waals surface area (Å²) in [6.07, 6.45) is 0. The van der Waals surface area contributed by atoms with E-state index in [1.807, 2.05) is 18.7 Å². The van der Waals surface area contributed by atoms with E-state index in [1.165, 1.54) is 12.1 Å². The largest absolute Gasteiger partial charge is 0.331 e. The van der Waals surface area contributed by atoms with Crippen LogP contribution in [-0.2, 0) is 0 Å². The topological polar surface area (TPSA) is 32.3 Å². The van der Waals surface area contributed by atoms with Gasteiger partial charge in [0, 0.05) is 25.2 Å². The molecule has 0 atom stereocenters. The quantitative estimate of drug-likeness (QED) is 0.826. The van der Waals surface area contributed by atoms with Crippen molar-refractivity contribution in [1.82, 2.24) is 10.2 Å². The zero-order chi connectivity index (χ0) is 13.3. The van der Waals surface area contributed by atoms with Crippen molar-refractivity contribution in [2.75, 3.05) is 19.6 Å². The molecular formula is C14H19FN2O. The smallest absolute Gasteiger partial charge is 0.254 e. The first-order valence-electron chi connectivity index (χ1n) is 6.20. The number of rotatable bonds is 1. The summed E-state index contributed by atoms with van der Waals surface area (Å²) in [5.74, 6) is -0.449. The molecule has 1 fully saturated rings. The minimum atomic E-state index is -0.355. The number of amides is 1. The maximum absolute atomic E-state index is 13.4. The molecule has 1 amide bonds. The van der Waals surface area contributed by atoms with Gasteiger partial charge in [-0.05, 0) is 44.5 Å². The van der Waals surface area contributed by atoms with E-state index < -0.39 is 0 Å². The van der Waals surface area contributed by atoms with Crippen molar-refractivity contribution < 1.29 is 9.18 Å². The van der Waals surface area contributed by atoms with Gasteiger partial charge in [-0.3, -0.25) is 4.79 Å². The maximum atomic E-state index is 13.4. The molecule has 18 heavy (non-hydrogen) atoms. The monoisotopic (exact) mass is 250 g/mol. The van der Waals surface area contributed by atoms with Crippen LogP contribution in [0.15, 0.2) is 18.2 Å². The number of benzene rings is 1. The molecule has 98 valence electrons. The lowest BCUT2D eigenvalue weighted by molar-refractivity contribution is 0.0477. The van der Waals surface area contributed by atoms with E-state index >= 15 is 0 Å². The maximum Gasteiger partial charge on any atom is 0.254 e. The Morgan fingerprint density at radius 1 is 1.39 bits per heavy atom. The van der Waals surface area contributed by atoms with Crippen molar-refractivity contribution in [3.8, 4) is 0 Å². The zero-order valence-electron chi connectivity index (χ0n) is 11.1. The van der Waals surface area contributed by atoms with Crippen LogP contribution in [-0.4, -0.2) is 36.0 Å². The number of carbonyl (C=O) groups is 1. The summed E-state index contributed by atoms with van der Waals surface area (Å²) in [5.41, 5.74) is 0.962. The summed E-state index contributed by atoms with van der Waals surface area (Å²) in [4.78, 5) is 14.3. The van der Waals surface area contributed by atoms with Crippen LogP contribution >= 0.6 is 0 Å². The highest BCUT2D eigenvalue weighted by Gasteiger charge is 2.33. The van der Waals surface area contributed by atoms with Crippen LogP contribution < -0.4 is 5.32 Å². The van der Waals surface area contributed by atoms with Crippen LogP contribution in [0.4, 0.5) is 4.39 Å². The number of nitrogens with one attached hydrogen (secondary N) is 1. The minimum Gasteiger partial charge on any atom is -0.331 e. The molecule has 0 aromatic heterocycles. The summed E-state index contributed by atoms with van der Waals surface area (Å²) in [6.45, 7) is 8.02. The Kier molecular flexibility index (Phi) is 3.39. The van der Waals surface area contributed by atoms with Crippen LogP contribution in [0.5, 0.6) is 0 Å². The van der Waals surface area contributed by atoms with Crippen molar-refractivity contribution in [2.45, 2.75) is 26.3 Å². The summed E-state index contributed by atoms with van der Waals surface area (Å²) in [5, 5.41) is 3.27. The lowest BCUT2D eigenvalue weighted by Crippen LogP contribution is -2.59. The van der Waals surface area contributed by atoms with Crippen LogP contribution in [0.3, 0.4) is 0 Å². The molecule has 3 nitrogen and oxygen atoms in total. The average molecular weight is 250 g/mol. The molecule has 0 bridgehead atoms.